The molecule has 0 radical (unpaired) electrons. The molecule has 3 rings (SSSR count). The summed E-state index contributed by atoms with van der Waals surface area (Å²) in [4.78, 5) is 13.9. The molecular weight excluding hydrogens is 311 g/mol. The zero-order valence-electron chi connectivity index (χ0n) is 13.4. The number of ether oxygens (including phenoxy) is 2. The van der Waals surface area contributed by atoms with Gasteiger partial charge < -0.3 is 14.8 Å². The topological polar surface area (TPSA) is 50.8 Å². The van der Waals surface area contributed by atoms with E-state index in [4.69, 9.17) is 9.47 Å². The highest BCUT2D eigenvalue weighted by Gasteiger charge is 2.14. The van der Waals surface area contributed by atoms with Crippen LogP contribution < -0.4 is 14.8 Å². The second-order valence-corrected chi connectivity index (χ2v) is 5.73. The summed E-state index contributed by atoms with van der Waals surface area (Å²) >= 11 is 0. The van der Waals surface area contributed by atoms with Crippen molar-refractivity contribution in [1.29, 1.82) is 0 Å². The van der Waals surface area contributed by atoms with Crippen molar-refractivity contribution in [3.63, 3.8) is 0 Å². The third-order valence-electron chi connectivity index (χ3n) is 3.74. The first-order valence-corrected chi connectivity index (χ1v) is 7.69. The lowest BCUT2D eigenvalue weighted by Crippen LogP contribution is -2.34. The third kappa shape index (κ3) is 4.02. The predicted octanol–water partition coefficient (Wildman–Crippen LogP) is 2.30. The van der Waals surface area contributed by atoms with Crippen LogP contribution in [0.25, 0.3) is 0 Å². The fourth-order valence-electron chi connectivity index (χ4n) is 2.54. The molecular formula is C18H19FN2O3. The Hall–Kier alpha value is -2.60. The molecule has 0 atom stereocenters. The predicted molar refractivity (Wildman–Crippen MR) is 87.1 cm³/mol. The lowest BCUT2D eigenvalue weighted by Gasteiger charge is -2.16. The average molecular weight is 330 g/mol. The van der Waals surface area contributed by atoms with Crippen LogP contribution >= 0.6 is 0 Å². The smallest absolute Gasteiger partial charge is 0.234 e. The van der Waals surface area contributed by atoms with Gasteiger partial charge in [0.25, 0.3) is 0 Å². The van der Waals surface area contributed by atoms with Crippen molar-refractivity contribution >= 4 is 5.91 Å². The number of nitrogens with one attached hydrogen (secondary N) is 1. The number of amides is 1. The number of carbonyl (C=O) groups excluding carboxylic acids is 1. The number of nitrogens with zero attached hydrogens (tertiary/aromatic N) is 1. The Kier molecular flexibility index (Phi) is 4.96. The summed E-state index contributed by atoms with van der Waals surface area (Å²) in [6.45, 7) is 1.25. The van der Waals surface area contributed by atoms with E-state index in [2.05, 4.69) is 5.32 Å². The Morgan fingerprint density at radius 1 is 1.21 bits per heavy atom. The van der Waals surface area contributed by atoms with E-state index in [0.717, 1.165) is 17.1 Å². The molecule has 2 aromatic rings. The second-order valence-electron chi connectivity index (χ2n) is 5.73. The number of fused-ring (bicyclic) bond motifs is 1. The summed E-state index contributed by atoms with van der Waals surface area (Å²) in [7, 11) is 1.85. The molecule has 24 heavy (non-hydrogen) atoms. The number of carbonyl (C=O) groups is 1. The summed E-state index contributed by atoms with van der Waals surface area (Å²) in [6, 6.07) is 12.1. The minimum Gasteiger partial charge on any atom is -0.454 e. The Bertz CT molecular complexity index is 736. The van der Waals surface area contributed by atoms with E-state index in [1.165, 1.54) is 6.07 Å². The first-order chi connectivity index (χ1) is 11.6. The van der Waals surface area contributed by atoms with E-state index in [0.29, 0.717) is 12.1 Å². The van der Waals surface area contributed by atoms with E-state index in [1.54, 1.807) is 18.2 Å². The quantitative estimate of drug-likeness (QED) is 0.883. The highest BCUT2D eigenvalue weighted by atomic mass is 19.1. The van der Waals surface area contributed by atoms with E-state index in [9.17, 15) is 9.18 Å². The minimum absolute atomic E-state index is 0.151. The van der Waals surface area contributed by atoms with Crippen LogP contribution in [0.3, 0.4) is 0 Å². The Morgan fingerprint density at radius 3 is 2.83 bits per heavy atom. The minimum atomic E-state index is -0.313. The monoisotopic (exact) mass is 330 g/mol. The second kappa shape index (κ2) is 7.31. The molecule has 1 heterocycles. The molecule has 0 bridgehead atoms. The van der Waals surface area contributed by atoms with Gasteiger partial charge in [-0.1, -0.05) is 24.3 Å². The van der Waals surface area contributed by atoms with Crippen LogP contribution in [-0.4, -0.2) is 31.2 Å². The molecule has 0 aromatic heterocycles. The molecule has 0 fully saturated rings. The van der Waals surface area contributed by atoms with Crippen LogP contribution in [0.4, 0.5) is 4.39 Å². The van der Waals surface area contributed by atoms with Crippen molar-refractivity contribution in [2.45, 2.75) is 13.1 Å². The number of rotatable bonds is 6. The molecule has 1 aliphatic heterocycles. The SMILES string of the molecule is CN(CC(=O)NCc1ccccc1F)Cc1ccc2c(c1)OCO2. The molecule has 1 N–H and O–H groups in total. The van der Waals surface area contributed by atoms with E-state index < -0.39 is 0 Å². The van der Waals surface area contributed by atoms with Crippen molar-refractivity contribution < 1.29 is 18.7 Å². The number of likely N-dealkylation sites (N-methyl/N-ethyl adjacent to an activating group) is 1. The standard InChI is InChI=1S/C18H19FN2O3/c1-21(10-13-6-7-16-17(8-13)24-12-23-16)11-18(22)20-9-14-4-2-3-5-15(14)19/h2-8H,9-12H2,1H3,(H,20,22). The van der Waals surface area contributed by atoms with Gasteiger partial charge in [0.05, 0.1) is 6.54 Å². The van der Waals surface area contributed by atoms with Gasteiger partial charge in [-0.3, -0.25) is 9.69 Å². The normalized spacial score (nSPS) is 12.5. The average Bonchev–Trinajstić information content (AvgIpc) is 3.01. The molecule has 0 unspecified atom stereocenters. The summed E-state index contributed by atoms with van der Waals surface area (Å²) in [5, 5.41) is 2.73. The maximum absolute atomic E-state index is 13.5. The van der Waals surface area contributed by atoms with Crippen LogP contribution in [0.5, 0.6) is 11.5 Å². The van der Waals surface area contributed by atoms with Crippen LogP contribution in [-0.2, 0) is 17.9 Å². The van der Waals surface area contributed by atoms with Gasteiger partial charge >= 0.3 is 0 Å². The van der Waals surface area contributed by atoms with E-state index in [1.807, 2.05) is 30.1 Å². The maximum Gasteiger partial charge on any atom is 0.234 e. The van der Waals surface area contributed by atoms with Gasteiger partial charge in [0.15, 0.2) is 11.5 Å². The molecule has 0 aliphatic carbocycles. The van der Waals surface area contributed by atoms with Crippen LogP contribution in [0.2, 0.25) is 0 Å². The van der Waals surface area contributed by atoms with Gasteiger partial charge in [0, 0.05) is 18.7 Å². The van der Waals surface area contributed by atoms with Gasteiger partial charge in [0.2, 0.25) is 12.7 Å². The maximum atomic E-state index is 13.5. The number of halogens is 1. The molecule has 126 valence electrons. The van der Waals surface area contributed by atoms with Crippen LogP contribution in [0.15, 0.2) is 42.5 Å². The van der Waals surface area contributed by atoms with Crippen molar-refractivity contribution in [1.82, 2.24) is 10.2 Å². The first-order valence-electron chi connectivity index (χ1n) is 7.69. The first kappa shape index (κ1) is 16.3. The zero-order chi connectivity index (χ0) is 16.9. The summed E-state index contributed by atoms with van der Waals surface area (Å²) < 4.78 is 24.1. The van der Waals surface area contributed by atoms with Gasteiger partial charge in [-0.25, -0.2) is 4.39 Å². The molecule has 5 nitrogen and oxygen atoms in total. The molecule has 0 saturated carbocycles. The molecule has 0 spiro atoms. The van der Waals surface area contributed by atoms with Gasteiger partial charge in [0.1, 0.15) is 5.82 Å². The Morgan fingerprint density at radius 2 is 2.00 bits per heavy atom. The molecule has 1 amide bonds. The fraction of sp³-hybridized carbons (Fsp3) is 0.278. The van der Waals surface area contributed by atoms with Gasteiger partial charge in [-0.05, 0) is 30.8 Å². The van der Waals surface area contributed by atoms with E-state index in [-0.39, 0.29) is 31.6 Å². The third-order valence-corrected chi connectivity index (χ3v) is 3.74. The number of benzene rings is 2. The zero-order valence-corrected chi connectivity index (χ0v) is 13.4. The molecule has 1 aliphatic rings. The molecule has 6 heteroatoms. The summed E-state index contributed by atoms with van der Waals surface area (Å²) in [5.41, 5.74) is 1.51. The number of hydrogen-bond acceptors (Lipinski definition) is 4. The summed E-state index contributed by atoms with van der Waals surface area (Å²) in [5.74, 6) is 1.00. The Labute approximate surface area is 140 Å². The van der Waals surface area contributed by atoms with Crippen molar-refractivity contribution in [3.05, 3.63) is 59.4 Å². The lowest BCUT2D eigenvalue weighted by atomic mass is 10.2. The van der Waals surface area contributed by atoms with Crippen LogP contribution in [0.1, 0.15) is 11.1 Å². The van der Waals surface area contributed by atoms with Crippen molar-refractivity contribution in [2.24, 2.45) is 0 Å². The lowest BCUT2D eigenvalue weighted by molar-refractivity contribution is -0.122. The van der Waals surface area contributed by atoms with Crippen molar-refractivity contribution in [3.8, 4) is 11.5 Å². The van der Waals surface area contributed by atoms with Gasteiger partial charge in [-0.2, -0.15) is 0 Å². The van der Waals surface area contributed by atoms with Crippen LogP contribution in [0, 0.1) is 5.82 Å². The molecule has 2 aromatic carbocycles. The van der Waals surface area contributed by atoms with E-state index >= 15 is 0 Å². The Balaban J connectivity index is 1.48. The van der Waals surface area contributed by atoms with Gasteiger partial charge in [-0.15, -0.1) is 0 Å². The summed E-state index contributed by atoms with van der Waals surface area (Å²) in [6.07, 6.45) is 0. The highest BCUT2D eigenvalue weighted by molar-refractivity contribution is 5.77. The molecule has 0 saturated heterocycles. The largest absolute Gasteiger partial charge is 0.454 e. The number of hydrogen-bond donors (Lipinski definition) is 1. The van der Waals surface area contributed by atoms with Crippen molar-refractivity contribution in [2.75, 3.05) is 20.4 Å². The fourth-order valence-corrected chi connectivity index (χ4v) is 2.54. The highest BCUT2D eigenvalue weighted by Crippen LogP contribution is 2.32.